The van der Waals surface area contributed by atoms with E-state index in [9.17, 15) is 0 Å². The van der Waals surface area contributed by atoms with Crippen LogP contribution in [0.1, 0.15) is 65.2 Å². The zero-order valence-corrected chi connectivity index (χ0v) is 57.5. The minimum Gasteiger partial charge on any atom is -0.453 e. The number of carbonyl (C=O) groups is 2. The third kappa shape index (κ3) is 21.8. The number of benzene rings is 10. The molecule has 0 bridgehead atoms. The predicted molar refractivity (Wildman–Crippen MR) is 371 cm³/mol. The molecule has 0 aliphatic heterocycles. The topological polar surface area (TPSA) is 232 Å². The van der Waals surface area contributed by atoms with Crippen LogP contribution < -0.4 is 0 Å². The summed E-state index contributed by atoms with van der Waals surface area (Å²) in [4.78, 5) is 30.9. The van der Waals surface area contributed by atoms with Gasteiger partial charge in [0.15, 0.2) is 12.2 Å². The van der Waals surface area contributed by atoms with Crippen LogP contribution in [0.15, 0.2) is 303 Å². The summed E-state index contributed by atoms with van der Waals surface area (Å²) in [6.07, 6.45) is -14.4. The molecule has 0 N–H and O–H groups in total. The van der Waals surface area contributed by atoms with E-state index in [0.717, 1.165) is 0 Å². The summed E-state index contributed by atoms with van der Waals surface area (Å²) < 4.78 is 158. The number of carbonyl (C=O) groups excluding carboxylic acids is 2. The molecule has 1 fully saturated rings. The molecular formula is C76H72O20P4. The number of rotatable bonds is 36. The maximum atomic E-state index is 16.5. The minimum absolute atomic E-state index is 0.105. The summed E-state index contributed by atoms with van der Waals surface area (Å²) in [7, 11) is -21.5. The van der Waals surface area contributed by atoms with Gasteiger partial charge in [-0.1, -0.05) is 279 Å². The summed E-state index contributed by atoms with van der Waals surface area (Å²) in [5, 5.41) is 0. The Hall–Kier alpha value is -8.42. The van der Waals surface area contributed by atoms with Gasteiger partial charge >= 0.3 is 43.2 Å². The smallest absolute Gasteiger partial charge is 0.453 e. The zero-order valence-electron chi connectivity index (χ0n) is 53.9. The molecular weight excluding hydrogens is 1360 g/mol. The van der Waals surface area contributed by atoms with Gasteiger partial charge in [0.25, 0.3) is 0 Å². The van der Waals surface area contributed by atoms with Crippen molar-refractivity contribution in [3.63, 3.8) is 0 Å². The molecule has 11 rings (SSSR count). The molecule has 0 spiro atoms. The van der Waals surface area contributed by atoms with E-state index in [0.29, 0.717) is 44.5 Å². The first-order chi connectivity index (χ1) is 48.8. The Balaban J connectivity index is 1.17. The fourth-order valence-corrected chi connectivity index (χ4v) is 15.6. The average molecular weight is 1430 g/mol. The lowest BCUT2D eigenvalue weighted by molar-refractivity contribution is -0.214. The predicted octanol–water partition coefficient (Wildman–Crippen LogP) is 18.2. The van der Waals surface area contributed by atoms with E-state index in [1.807, 2.05) is 0 Å². The Morgan fingerprint density at radius 2 is 0.350 bits per heavy atom. The van der Waals surface area contributed by atoms with Gasteiger partial charge in [0, 0.05) is 0 Å². The maximum Gasteiger partial charge on any atom is 0.475 e. The van der Waals surface area contributed by atoms with Crippen LogP contribution in [0.5, 0.6) is 0 Å². The summed E-state index contributed by atoms with van der Waals surface area (Å²) in [6.45, 7) is -3.72. The van der Waals surface area contributed by atoms with E-state index in [-0.39, 0.29) is 11.1 Å². The van der Waals surface area contributed by atoms with Gasteiger partial charge in [-0.25, -0.2) is 27.8 Å². The number of hydrogen-bond acceptors (Lipinski definition) is 20. The third-order valence-electron chi connectivity index (χ3n) is 15.3. The van der Waals surface area contributed by atoms with E-state index >= 15 is 27.8 Å². The summed E-state index contributed by atoms with van der Waals surface area (Å²) in [5.41, 5.74) is 3.60. The fraction of sp³-hybridized carbons (Fsp3) is 0.184. The molecule has 2 unspecified atom stereocenters. The first-order valence-corrected chi connectivity index (χ1v) is 37.7. The van der Waals surface area contributed by atoms with Gasteiger partial charge in [0.2, 0.25) is 0 Å². The second-order valence-corrected chi connectivity index (χ2v) is 29.1. The third-order valence-corrected chi connectivity index (χ3v) is 20.9. The molecule has 100 heavy (non-hydrogen) atoms. The van der Waals surface area contributed by atoms with Crippen molar-refractivity contribution in [2.45, 2.75) is 89.5 Å². The van der Waals surface area contributed by atoms with Gasteiger partial charge in [-0.05, 0) is 68.8 Å². The van der Waals surface area contributed by atoms with Crippen molar-refractivity contribution >= 4 is 43.2 Å². The second kappa shape index (κ2) is 36.3. The summed E-state index contributed by atoms with van der Waals surface area (Å²) in [5.74, 6) is -2.32. The summed E-state index contributed by atoms with van der Waals surface area (Å²) in [6, 6.07) is 83.9. The molecule has 6 atom stereocenters. The van der Waals surface area contributed by atoms with Gasteiger partial charge in [-0.3, -0.25) is 54.3 Å². The van der Waals surface area contributed by atoms with Crippen molar-refractivity contribution in [1.82, 2.24) is 0 Å². The normalized spacial score (nSPS) is 17.2. The van der Waals surface area contributed by atoms with Crippen LogP contribution in [0.25, 0.3) is 0 Å². The van der Waals surface area contributed by atoms with E-state index in [1.165, 1.54) is 24.3 Å². The first-order valence-electron chi connectivity index (χ1n) is 31.9. The molecule has 1 aliphatic rings. The lowest BCUT2D eigenvalue weighted by atomic mass is 9.84. The van der Waals surface area contributed by atoms with Crippen LogP contribution in [0.4, 0.5) is 0 Å². The van der Waals surface area contributed by atoms with Crippen molar-refractivity contribution in [3.05, 3.63) is 359 Å². The fourth-order valence-electron chi connectivity index (χ4n) is 10.2. The van der Waals surface area contributed by atoms with E-state index in [1.54, 1.807) is 279 Å². The van der Waals surface area contributed by atoms with Crippen molar-refractivity contribution < 1.29 is 91.6 Å². The Morgan fingerprint density at radius 3 is 0.500 bits per heavy atom. The number of phosphoric acid groups is 4. The molecule has 1 saturated carbocycles. The molecule has 1 aliphatic carbocycles. The highest BCUT2D eigenvalue weighted by Gasteiger charge is 2.64. The van der Waals surface area contributed by atoms with Crippen molar-refractivity contribution in [1.29, 1.82) is 0 Å². The van der Waals surface area contributed by atoms with E-state index in [2.05, 4.69) is 0 Å². The molecule has 0 heterocycles. The number of ether oxygens (including phenoxy) is 2. The molecule has 0 saturated heterocycles. The molecule has 0 radical (unpaired) electrons. The van der Waals surface area contributed by atoms with Crippen molar-refractivity contribution in [3.8, 4) is 0 Å². The Bertz CT molecular complexity index is 3620. The lowest BCUT2D eigenvalue weighted by Crippen LogP contribution is -2.67. The highest BCUT2D eigenvalue weighted by Crippen LogP contribution is 2.63. The average Bonchev–Trinajstić information content (AvgIpc) is 0.738. The van der Waals surface area contributed by atoms with Gasteiger partial charge in [0.1, 0.15) is 24.4 Å². The minimum atomic E-state index is -5.37. The maximum absolute atomic E-state index is 16.5. The van der Waals surface area contributed by atoms with Gasteiger partial charge in [-0.15, -0.1) is 0 Å². The quantitative estimate of drug-likeness (QED) is 0.0262. The van der Waals surface area contributed by atoms with Gasteiger partial charge in [0.05, 0.1) is 64.0 Å². The first kappa shape index (κ1) is 72.8. The molecule has 20 nitrogen and oxygen atoms in total. The standard InChI is InChI=1S/C76H72O20P4/c77-75(67-47-27-9-28-48-67)91-69-71(93-97(79,83-51-59-31-11-1-12-32-59)84-52-60-33-13-2-14-34-60)72(94-98(80,85-53-61-35-15-3-16-36-61)86-54-62-37-17-4-18-38-62)70(92-76(78)68-49-29-10-30-50-68)74(96-100(82,89-57-65-43-23-7-24-44-65)90-58-66-45-25-8-26-46-66)73(69)95-99(81,87-55-63-39-19-5-20-40-63)88-56-64-41-21-6-22-42-64/h1-50,69-74H,51-58H2/t69?,70?,71-,72-,73-,74+/m0/s1. The molecule has 10 aromatic carbocycles. The van der Waals surface area contributed by atoms with E-state index < -0.39 is 133 Å². The van der Waals surface area contributed by atoms with Crippen molar-refractivity contribution in [2.24, 2.45) is 0 Å². The van der Waals surface area contributed by atoms with Gasteiger partial charge < -0.3 is 9.47 Å². The molecule has 10 aromatic rings. The number of esters is 2. The summed E-state index contributed by atoms with van der Waals surface area (Å²) >= 11 is 0. The lowest BCUT2D eigenvalue weighted by Gasteiger charge is -2.49. The highest BCUT2D eigenvalue weighted by atomic mass is 31.2. The van der Waals surface area contributed by atoms with Gasteiger partial charge in [-0.2, -0.15) is 0 Å². The second-order valence-electron chi connectivity index (χ2n) is 22.6. The van der Waals surface area contributed by atoms with Crippen LogP contribution in [-0.4, -0.2) is 48.6 Å². The van der Waals surface area contributed by atoms with E-state index in [4.69, 9.17) is 63.8 Å². The Labute approximate surface area is 580 Å². The number of phosphoric ester groups is 4. The van der Waals surface area contributed by atoms with Crippen molar-refractivity contribution in [2.75, 3.05) is 0 Å². The van der Waals surface area contributed by atoms with Crippen LogP contribution in [0.2, 0.25) is 0 Å². The Kier molecular flexibility index (Phi) is 26.4. The van der Waals surface area contributed by atoms with Crippen LogP contribution >= 0.6 is 31.3 Å². The Morgan fingerprint density at radius 1 is 0.210 bits per heavy atom. The highest BCUT2D eigenvalue weighted by molar-refractivity contribution is 7.49. The van der Waals surface area contributed by atoms with Crippen LogP contribution in [0, 0.1) is 0 Å². The number of hydrogen-bond donors (Lipinski definition) is 0. The largest absolute Gasteiger partial charge is 0.475 e. The SMILES string of the molecule is O=C(OC1[C@@H](OP(=O)(OCc2ccccc2)OCc2ccccc2)[C@@H](OP(=O)(OCc2ccccc2)OCc2ccccc2)C(OC(=O)c2ccccc2)[C@H](OP(=O)(OCc2ccccc2)OCc2ccccc2)[C@H]1OP(=O)(OCc1ccccc1)OCc1ccccc1)c1ccccc1. The van der Waals surface area contributed by atoms with Crippen LogP contribution in [0.3, 0.4) is 0 Å². The molecule has 24 heteroatoms. The molecule has 516 valence electrons. The molecule has 0 amide bonds. The monoisotopic (exact) mass is 1430 g/mol. The van der Waals surface area contributed by atoms with Crippen LogP contribution in [-0.2, 0) is 135 Å². The molecule has 0 aromatic heterocycles. The zero-order chi connectivity index (χ0) is 69.3.